The molecule has 0 bridgehead atoms. The minimum Gasteiger partial charge on any atom is -0.398 e. The van der Waals surface area contributed by atoms with Crippen LogP contribution < -0.4 is 5.73 Å². The number of hydrogen-bond donors (Lipinski definition) is 1. The Balaban J connectivity index is 4.48. The zero-order valence-electron chi connectivity index (χ0n) is 33.1. The maximum Gasteiger partial charge on any atom is 0.460 e. The van der Waals surface area contributed by atoms with Gasteiger partial charge in [0, 0.05) is 0 Å². The van der Waals surface area contributed by atoms with E-state index < -0.39 is 159 Å². The van der Waals surface area contributed by atoms with E-state index in [0.29, 0.717) is 0 Å². The molecular formula is C30H13F42N. The topological polar surface area (TPSA) is 26.0 Å². The van der Waals surface area contributed by atoms with Crippen molar-refractivity contribution in [2.45, 2.75) is 145 Å². The first-order valence-corrected chi connectivity index (χ1v) is 16.6. The zero-order valence-corrected chi connectivity index (χ0v) is 33.1. The van der Waals surface area contributed by atoms with Crippen LogP contribution in [0.15, 0.2) is 12.1 Å². The quantitative estimate of drug-likeness (QED) is 0.115. The molecule has 0 aliphatic carbocycles. The predicted molar refractivity (Wildman–Crippen MR) is 149 cm³/mol. The smallest absolute Gasteiger partial charge is 0.398 e. The van der Waals surface area contributed by atoms with E-state index in [1.54, 1.807) is 0 Å². The first-order chi connectivity index (χ1) is 30.7. The third kappa shape index (κ3) is 8.06. The summed E-state index contributed by atoms with van der Waals surface area (Å²) >= 11 is 0. The van der Waals surface area contributed by atoms with Crippen LogP contribution in [0.5, 0.6) is 0 Å². The number of halogens is 42. The van der Waals surface area contributed by atoms with Crippen molar-refractivity contribution < 1.29 is 184 Å². The molecule has 0 unspecified atom stereocenters. The molecule has 0 heterocycles. The minimum absolute atomic E-state index is 0.117. The summed E-state index contributed by atoms with van der Waals surface area (Å²) in [5.74, 6) is -170. The average molecular weight is 1190 g/mol. The van der Waals surface area contributed by atoms with Crippen molar-refractivity contribution in [2.24, 2.45) is 0 Å². The summed E-state index contributed by atoms with van der Waals surface area (Å²) in [7, 11) is 0. The number of hydrogen-bond acceptors (Lipinski definition) is 1. The molecule has 43 heteroatoms. The number of nitrogen functional groups attached to an aromatic ring is 1. The summed E-state index contributed by atoms with van der Waals surface area (Å²) in [5, 5.41) is 0. The maximum atomic E-state index is 15.4. The average Bonchev–Trinajstić information content (AvgIpc) is 3.14. The molecule has 0 saturated carbocycles. The van der Waals surface area contributed by atoms with Crippen molar-refractivity contribution >= 4 is 5.69 Å². The lowest BCUT2D eigenvalue weighted by atomic mass is 9.79. The van der Waals surface area contributed by atoms with Crippen LogP contribution >= 0.6 is 0 Å². The van der Waals surface area contributed by atoms with E-state index in [1.807, 2.05) is 0 Å². The summed E-state index contributed by atoms with van der Waals surface area (Å²) in [5.41, 5.74) is -13.9. The van der Waals surface area contributed by atoms with Crippen LogP contribution in [0.2, 0.25) is 0 Å². The standard InChI is InChI=1S/C30H13F42N/c1-10(2,3)6-4-7(11(31,32)13(35,36)15(39,40)17(43,44)19(47,48)21(51,52)23(55,56)25(59,60)27(63,64)29(67,68)69)9(73)8(5-6)12(33,34)14(37,38)16(41,42)18(45,46)20(49,50)22(53,54)24(57,58)26(61,62)28(65,66)30(70,71)72/h4-5H,73H2,1-3H3. The lowest BCUT2D eigenvalue weighted by Crippen LogP contribution is -2.76. The van der Waals surface area contributed by atoms with Crippen molar-refractivity contribution in [1.82, 2.24) is 0 Å². The van der Waals surface area contributed by atoms with Gasteiger partial charge >= 0.3 is 119 Å². The first-order valence-electron chi connectivity index (χ1n) is 16.6. The molecule has 73 heavy (non-hydrogen) atoms. The molecule has 1 nitrogen and oxygen atoms in total. The van der Waals surface area contributed by atoms with Crippen molar-refractivity contribution in [1.29, 1.82) is 0 Å². The van der Waals surface area contributed by atoms with Gasteiger partial charge < -0.3 is 5.73 Å². The third-order valence-electron chi connectivity index (χ3n) is 9.74. The van der Waals surface area contributed by atoms with Crippen LogP contribution in [0.4, 0.5) is 190 Å². The Morgan fingerprint density at radius 2 is 0.370 bits per heavy atom. The van der Waals surface area contributed by atoms with Gasteiger partial charge in [-0.25, -0.2) is 0 Å². The van der Waals surface area contributed by atoms with Gasteiger partial charge in [-0.3, -0.25) is 0 Å². The molecule has 1 rings (SSSR count). The molecule has 2 N–H and O–H groups in total. The molecule has 1 aromatic carbocycles. The Morgan fingerprint density at radius 1 is 0.233 bits per heavy atom. The molecule has 1 aromatic rings. The SMILES string of the molecule is CC(C)(C)c1cc(C(F)(F)C(F)(F)C(F)(F)C(F)(F)C(F)(F)C(F)(F)C(F)(F)C(F)(F)C(F)(F)C(F)(F)F)c(N)c(C(F)(F)C(F)(F)C(F)(F)C(F)(F)C(F)(F)C(F)(F)C(F)(F)C(F)(F)C(F)(F)C(F)(F)F)c1. The number of nitrogens with two attached hydrogens (primary N) is 1. The van der Waals surface area contributed by atoms with Crippen molar-refractivity contribution in [3.8, 4) is 0 Å². The van der Waals surface area contributed by atoms with Crippen LogP contribution in [0, 0.1) is 0 Å². The Morgan fingerprint density at radius 3 is 0.507 bits per heavy atom. The van der Waals surface area contributed by atoms with Gasteiger partial charge in [0.2, 0.25) is 0 Å². The Kier molecular flexibility index (Phi) is 15.2. The molecule has 0 aromatic heterocycles. The Labute approximate surface area is 370 Å². The zero-order chi connectivity index (χ0) is 60.2. The van der Waals surface area contributed by atoms with Gasteiger partial charge in [-0.1, -0.05) is 20.8 Å². The molecule has 432 valence electrons. The van der Waals surface area contributed by atoms with Crippen LogP contribution in [-0.2, 0) is 17.3 Å². The van der Waals surface area contributed by atoms with Crippen LogP contribution in [0.25, 0.3) is 0 Å². The largest absolute Gasteiger partial charge is 0.460 e. The van der Waals surface area contributed by atoms with E-state index in [2.05, 4.69) is 5.73 Å². The molecule has 0 aliphatic heterocycles. The Hall–Kier alpha value is -3.92. The predicted octanol–water partition coefficient (Wildman–Crippen LogP) is 16.0. The van der Waals surface area contributed by atoms with Crippen molar-refractivity contribution in [3.05, 3.63) is 28.8 Å². The molecule has 0 aliphatic rings. The van der Waals surface area contributed by atoms with Crippen molar-refractivity contribution in [2.75, 3.05) is 5.73 Å². The summed E-state index contributed by atoms with van der Waals surface area (Å²) in [6, 6.07) is -2.90. The fraction of sp³-hybridized carbons (Fsp3) is 0.800. The summed E-state index contributed by atoms with van der Waals surface area (Å²) in [4.78, 5) is 0. The minimum atomic E-state index is -9.93. The van der Waals surface area contributed by atoms with Gasteiger partial charge in [-0.15, -0.1) is 0 Å². The molecule has 0 fully saturated rings. The number of rotatable bonds is 18. The van der Waals surface area contributed by atoms with E-state index in [1.165, 1.54) is 0 Å². The maximum absolute atomic E-state index is 15.4. The second-order valence-electron chi connectivity index (χ2n) is 15.6. The normalized spacial score (nSPS) is 16.9. The highest BCUT2D eigenvalue weighted by Crippen LogP contribution is 2.70. The fourth-order valence-electron chi connectivity index (χ4n) is 5.06. The molecule has 0 radical (unpaired) electrons. The molecule has 0 saturated heterocycles. The van der Waals surface area contributed by atoms with Crippen LogP contribution in [-0.4, -0.2) is 107 Å². The molecule has 0 amide bonds. The number of benzene rings is 1. The number of anilines is 1. The first kappa shape index (κ1) is 67.1. The van der Waals surface area contributed by atoms with E-state index in [-0.39, 0.29) is 20.8 Å². The lowest BCUT2D eigenvalue weighted by Gasteiger charge is -2.45. The van der Waals surface area contributed by atoms with E-state index in [0.717, 1.165) is 0 Å². The van der Waals surface area contributed by atoms with Gasteiger partial charge in [-0.2, -0.15) is 184 Å². The van der Waals surface area contributed by atoms with Gasteiger partial charge in [0.1, 0.15) is 0 Å². The van der Waals surface area contributed by atoms with Gasteiger partial charge in [0.25, 0.3) is 0 Å². The van der Waals surface area contributed by atoms with Gasteiger partial charge in [0.15, 0.2) is 0 Å². The van der Waals surface area contributed by atoms with Crippen LogP contribution in [0.1, 0.15) is 37.5 Å². The highest BCUT2D eigenvalue weighted by molar-refractivity contribution is 5.61. The van der Waals surface area contributed by atoms with E-state index in [4.69, 9.17) is 0 Å². The van der Waals surface area contributed by atoms with Gasteiger partial charge in [-0.05, 0) is 23.1 Å². The second kappa shape index (κ2) is 16.5. The third-order valence-corrected chi connectivity index (χ3v) is 9.74. The Bertz CT molecular complexity index is 2050. The summed E-state index contributed by atoms with van der Waals surface area (Å²) in [6.45, 7) is 0.351. The summed E-state index contributed by atoms with van der Waals surface area (Å²) < 4.78 is 587. The highest BCUT2D eigenvalue weighted by Gasteiger charge is 3.00. The lowest BCUT2D eigenvalue weighted by molar-refractivity contribution is -0.475. The monoisotopic (exact) mass is 1190 g/mol. The van der Waals surface area contributed by atoms with E-state index >= 15 is 17.6 Å². The fourth-order valence-corrected chi connectivity index (χ4v) is 5.06. The second-order valence-corrected chi connectivity index (χ2v) is 15.6. The summed E-state index contributed by atoms with van der Waals surface area (Å²) in [6.07, 6.45) is -16.8. The molecule has 0 spiro atoms. The number of alkyl halides is 42. The van der Waals surface area contributed by atoms with Crippen LogP contribution in [0.3, 0.4) is 0 Å². The van der Waals surface area contributed by atoms with E-state index in [9.17, 15) is 167 Å². The van der Waals surface area contributed by atoms with Crippen molar-refractivity contribution in [3.63, 3.8) is 0 Å². The van der Waals surface area contributed by atoms with Gasteiger partial charge in [0.05, 0.1) is 16.8 Å². The molecular weight excluding hydrogens is 1170 g/mol. The highest BCUT2D eigenvalue weighted by atomic mass is 19.5. The molecule has 0 atom stereocenters.